The molecule has 0 radical (unpaired) electrons. The highest BCUT2D eigenvalue weighted by molar-refractivity contribution is 5.72. The number of para-hydroxylation sites is 1. The van der Waals surface area contributed by atoms with Gasteiger partial charge >= 0.3 is 0 Å². The van der Waals surface area contributed by atoms with Crippen molar-refractivity contribution in [2.45, 2.75) is 0 Å². The second kappa shape index (κ2) is 4.18. The zero-order chi connectivity index (χ0) is 11.5. The summed E-state index contributed by atoms with van der Waals surface area (Å²) in [4.78, 5) is 0. The van der Waals surface area contributed by atoms with Crippen molar-refractivity contribution < 1.29 is 8.78 Å². The summed E-state index contributed by atoms with van der Waals surface area (Å²) >= 11 is 0. The molecule has 0 atom stereocenters. The summed E-state index contributed by atoms with van der Waals surface area (Å²) in [6.45, 7) is 0. The Morgan fingerprint density at radius 2 is 1.69 bits per heavy atom. The summed E-state index contributed by atoms with van der Waals surface area (Å²) in [5.41, 5.74) is 6.62. The Morgan fingerprint density at radius 3 is 2.38 bits per heavy atom. The molecular formula is C12H10F2N2. The van der Waals surface area contributed by atoms with E-state index in [0.717, 1.165) is 0 Å². The van der Waals surface area contributed by atoms with Gasteiger partial charge in [0.1, 0.15) is 11.6 Å². The average Bonchev–Trinajstić information content (AvgIpc) is 2.25. The number of hydrogen-bond acceptors (Lipinski definition) is 2. The zero-order valence-corrected chi connectivity index (χ0v) is 8.37. The summed E-state index contributed by atoms with van der Waals surface area (Å²) in [6, 6.07) is 10.1. The molecule has 4 heteroatoms. The molecule has 0 aliphatic rings. The molecule has 0 bridgehead atoms. The summed E-state index contributed by atoms with van der Waals surface area (Å²) in [5, 5.41) is 2.80. The molecule has 0 heterocycles. The fourth-order valence-electron chi connectivity index (χ4n) is 1.36. The highest BCUT2D eigenvalue weighted by atomic mass is 19.1. The first-order valence-electron chi connectivity index (χ1n) is 4.73. The maximum Gasteiger partial charge on any atom is 0.146 e. The molecule has 82 valence electrons. The predicted molar refractivity (Wildman–Crippen MR) is 60.5 cm³/mol. The third-order valence-electron chi connectivity index (χ3n) is 2.16. The Labute approximate surface area is 91.7 Å². The zero-order valence-electron chi connectivity index (χ0n) is 8.37. The minimum atomic E-state index is -0.420. The summed E-state index contributed by atoms with van der Waals surface area (Å²) in [5.74, 6) is -0.803. The van der Waals surface area contributed by atoms with Gasteiger partial charge in [0.15, 0.2) is 0 Å². The van der Waals surface area contributed by atoms with Gasteiger partial charge in [-0.25, -0.2) is 8.78 Å². The number of nitrogen functional groups attached to an aromatic ring is 1. The van der Waals surface area contributed by atoms with Crippen molar-refractivity contribution in [3.8, 4) is 0 Å². The molecule has 2 nitrogen and oxygen atoms in total. The van der Waals surface area contributed by atoms with Gasteiger partial charge in [-0.1, -0.05) is 12.1 Å². The van der Waals surface area contributed by atoms with Crippen LogP contribution < -0.4 is 11.1 Å². The van der Waals surface area contributed by atoms with Crippen molar-refractivity contribution in [1.29, 1.82) is 0 Å². The highest BCUT2D eigenvalue weighted by Gasteiger charge is 2.04. The first-order chi connectivity index (χ1) is 7.66. The molecule has 2 rings (SSSR count). The number of halogens is 2. The van der Waals surface area contributed by atoms with Gasteiger partial charge < -0.3 is 11.1 Å². The molecular weight excluding hydrogens is 210 g/mol. The molecule has 0 aliphatic carbocycles. The number of rotatable bonds is 2. The maximum absolute atomic E-state index is 13.3. The van der Waals surface area contributed by atoms with Gasteiger partial charge in [-0.15, -0.1) is 0 Å². The third-order valence-corrected chi connectivity index (χ3v) is 2.16. The molecule has 0 unspecified atom stereocenters. The van der Waals surface area contributed by atoms with Crippen LogP contribution in [0.2, 0.25) is 0 Å². The van der Waals surface area contributed by atoms with Gasteiger partial charge in [0.05, 0.1) is 17.1 Å². The van der Waals surface area contributed by atoms with Gasteiger partial charge in [0, 0.05) is 0 Å². The number of anilines is 3. The predicted octanol–water partition coefficient (Wildman–Crippen LogP) is 3.29. The number of benzene rings is 2. The second-order valence-corrected chi connectivity index (χ2v) is 3.34. The van der Waals surface area contributed by atoms with E-state index >= 15 is 0 Å². The fourth-order valence-corrected chi connectivity index (χ4v) is 1.36. The second-order valence-electron chi connectivity index (χ2n) is 3.34. The van der Waals surface area contributed by atoms with Crippen LogP contribution in [0, 0.1) is 11.6 Å². The smallest absolute Gasteiger partial charge is 0.146 e. The molecule has 0 spiro atoms. The summed E-state index contributed by atoms with van der Waals surface area (Å²) in [7, 11) is 0. The average molecular weight is 220 g/mol. The first kappa shape index (κ1) is 10.4. The van der Waals surface area contributed by atoms with Crippen LogP contribution in [0.3, 0.4) is 0 Å². The van der Waals surface area contributed by atoms with E-state index in [1.165, 1.54) is 24.3 Å². The topological polar surface area (TPSA) is 38.0 Å². The molecule has 2 aromatic rings. The Balaban J connectivity index is 2.31. The third kappa shape index (κ3) is 2.11. The van der Waals surface area contributed by atoms with Crippen LogP contribution in [0.4, 0.5) is 25.8 Å². The first-order valence-corrected chi connectivity index (χ1v) is 4.73. The van der Waals surface area contributed by atoms with E-state index in [4.69, 9.17) is 5.73 Å². The van der Waals surface area contributed by atoms with E-state index in [0.29, 0.717) is 11.4 Å². The van der Waals surface area contributed by atoms with Crippen molar-refractivity contribution in [2.75, 3.05) is 11.1 Å². The number of nitrogens with two attached hydrogens (primary N) is 1. The largest absolute Gasteiger partial charge is 0.397 e. The van der Waals surface area contributed by atoms with Gasteiger partial charge in [-0.2, -0.15) is 0 Å². The van der Waals surface area contributed by atoms with Gasteiger partial charge in [-0.05, 0) is 30.3 Å². The lowest BCUT2D eigenvalue weighted by Gasteiger charge is -2.09. The van der Waals surface area contributed by atoms with E-state index in [1.807, 2.05) is 0 Å². The van der Waals surface area contributed by atoms with Crippen LogP contribution in [0.1, 0.15) is 0 Å². The standard InChI is InChI=1S/C12H10F2N2/c13-8-5-6-12(10(15)7-8)16-11-4-2-1-3-9(11)14/h1-7,16H,15H2. The lowest BCUT2D eigenvalue weighted by molar-refractivity contribution is 0.628. The monoisotopic (exact) mass is 220 g/mol. The summed E-state index contributed by atoms with van der Waals surface area (Å²) in [6.07, 6.45) is 0. The van der Waals surface area contributed by atoms with Crippen molar-refractivity contribution in [3.63, 3.8) is 0 Å². The van der Waals surface area contributed by atoms with Crippen LogP contribution in [0.5, 0.6) is 0 Å². The Morgan fingerprint density at radius 1 is 0.938 bits per heavy atom. The Bertz CT molecular complexity index is 512. The van der Waals surface area contributed by atoms with Crippen LogP contribution in [-0.2, 0) is 0 Å². The molecule has 0 saturated heterocycles. The summed E-state index contributed by atoms with van der Waals surface area (Å²) < 4.78 is 26.1. The fraction of sp³-hybridized carbons (Fsp3) is 0. The van der Waals surface area contributed by atoms with Crippen molar-refractivity contribution in [1.82, 2.24) is 0 Å². The highest BCUT2D eigenvalue weighted by Crippen LogP contribution is 2.25. The molecule has 0 saturated carbocycles. The van der Waals surface area contributed by atoms with Crippen molar-refractivity contribution in [3.05, 3.63) is 54.1 Å². The van der Waals surface area contributed by atoms with Gasteiger partial charge in [0.25, 0.3) is 0 Å². The molecule has 2 aromatic carbocycles. The van der Waals surface area contributed by atoms with Crippen LogP contribution in [0.15, 0.2) is 42.5 Å². The normalized spacial score (nSPS) is 10.1. The van der Waals surface area contributed by atoms with Crippen LogP contribution in [0.25, 0.3) is 0 Å². The Hall–Kier alpha value is -2.10. The van der Waals surface area contributed by atoms with Gasteiger partial charge in [-0.3, -0.25) is 0 Å². The van der Waals surface area contributed by atoms with E-state index in [2.05, 4.69) is 5.32 Å². The maximum atomic E-state index is 13.3. The van der Waals surface area contributed by atoms with Crippen LogP contribution >= 0.6 is 0 Å². The van der Waals surface area contributed by atoms with Crippen molar-refractivity contribution in [2.24, 2.45) is 0 Å². The van der Waals surface area contributed by atoms with E-state index < -0.39 is 5.82 Å². The molecule has 0 aliphatic heterocycles. The van der Waals surface area contributed by atoms with Crippen LogP contribution in [-0.4, -0.2) is 0 Å². The number of hydrogen-bond donors (Lipinski definition) is 2. The molecule has 0 aromatic heterocycles. The lowest BCUT2D eigenvalue weighted by Crippen LogP contribution is -1.98. The lowest BCUT2D eigenvalue weighted by atomic mass is 10.2. The molecule has 16 heavy (non-hydrogen) atoms. The van der Waals surface area contributed by atoms with E-state index in [-0.39, 0.29) is 11.5 Å². The number of nitrogens with one attached hydrogen (secondary N) is 1. The quantitative estimate of drug-likeness (QED) is 0.762. The molecule has 0 amide bonds. The van der Waals surface area contributed by atoms with Gasteiger partial charge in [0.2, 0.25) is 0 Å². The SMILES string of the molecule is Nc1cc(F)ccc1Nc1ccccc1F. The van der Waals surface area contributed by atoms with E-state index in [9.17, 15) is 8.78 Å². The Kier molecular flexibility index (Phi) is 2.72. The van der Waals surface area contributed by atoms with Crippen molar-refractivity contribution >= 4 is 17.1 Å². The van der Waals surface area contributed by atoms with E-state index in [1.54, 1.807) is 18.2 Å². The molecule has 3 N–H and O–H groups in total. The minimum absolute atomic E-state index is 0.239. The molecule has 0 fully saturated rings. The minimum Gasteiger partial charge on any atom is -0.397 e.